The van der Waals surface area contributed by atoms with Crippen LogP contribution >= 0.6 is 0 Å². The number of morpholine rings is 1. The number of para-hydroxylation sites is 2. The molecule has 29 heavy (non-hydrogen) atoms. The van der Waals surface area contributed by atoms with E-state index in [1.807, 2.05) is 23.1 Å². The van der Waals surface area contributed by atoms with E-state index in [2.05, 4.69) is 27.7 Å². The van der Waals surface area contributed by atoms with Crippen molar-refractivity contribution in [1.29, 1.82) is 0 Å². The standard InChI is InChI=1S/C22H26N4O3/c27-21-14-17(15-25(21)16-18-4-3-11-29-18)22-23-19-5-1-2-6-20(19)26(22)8-7-24-9-12-28-13-10-24/h1-6,11,17H,7-10,12-16H2/t17-/m1/s1. The first-order chi connectivity index (χ1) is 14.3. The van der Waals surface area contributed by atoms with Crippen LogP contribution < -0.4 is 0 Å². The van der Waals surface area contributed by atoms with Gasteiger partial charge in [-0.05, 0) is 24.3 Å². The van der Waals surface area contributed by atoms with E-state index in [1.165, 1.54) is 0 Å². The number of hydrogen-bond donors (Lipinski definition) is 0. The lowest BCUT2D eigenvalue weighted by Crippen LogP contribution is -2.38. The van der Waals surface area contributed by atoms with Gasteiger partial charge in [-0.3, -0.25) is 9.69 Å². The molecule has 1 amide bonds. The third-order valence-electron chi connectivity index (χ3n) is 5.93. The molecule has 0 N–H and O–H groups in total. The van der Waals surface area contributed by atoms with Gasteiger partial charge in [0.05, 0.1) is 37.1 Å². The highest BCUT2D eigenvalue weighted by atomic mass is 16.5. The van der Waals surface area contributed by atoms with Crippen LogP contribution in [0.5, 0.6) is 0 Å². The van der Waals surface area contributed by atoms with E-state index in [9.17, 15) is 4.79 Å². The van der Waals surface area contributed by atoms with Gasteiger partial charge in [0.1, 0.15) is 11.6 Å². The van der Waals surface area contributed by atoms with Crippen LogP contribution in [0.2, 0.25) is 0 Å². The minimum Gasteiger partial charge on any atom is -0.467 e. The van der Waals surface area contributed by atoms with Crippen molar-refractivity contribution in [1.82, 2.24) is 19.4 Å². The van der Waals surface area contributed by atoms with Gasteiger partial charge in [-0.15, -0.1) is 0 Å². The number of nitrogens with zero attached hydrogens (tertiary/aromatic N) is 4. The SMILES string of the molecule is O=C1C[C@@H](c2nc3ccccc3n2CCN2CCOCC2)CN1Cc1ccco1. The predicted octanol–water partition coefficient (Wildman–Crippen LogP) is 2.48. The molecule has 0 bridgehead atoms. The van der Waals surface area contributed by atoms with Crippen molar-refractivity contribution in [2.75, 3.05) is 39.4 Å². The Kier molecular flexibility index (Phi) is 5.08. The lowest BCUT2D eigenvalue weighted by molar-refractivity contribution is -0.128. The summed E-state index contributed by atoms with van der Waals surface area (Å²) < 4.78 is 13.2. The van der Waals surface area contributed by atoms with Crippen LogP contribution in [0.1, 0.15) is 23.9 Å². The van der Waals surface area contributed by atoms with Crippen molar-refractivity contribution in [3.8, 4) is 0 Å². The molecule has 7 heteroatoms. The van der Waals surface area contributed by atoms with Crippen molar-refractivity contribution in [3.63, 3.8) is 0 Å². The van der Waals surface area contributed by atoms with Crippen LogP contribution in [-0.2, 0) is 22.6 Å². The minimum atomic E-state index is 0.106. The molecule has 0 radical (unpaired) electrons. The number of fused-ring (bicyclic) bond motifs is 1. The van der Waals surface area contributed by atoms with E-state index in [-0.39, 0.29) is 11.8 Å². The maximum absolute atomic E-state index is 12.6. The summed E-state index contributed by atoms with van der Waals surface area (Å²) in [5.74, 6) is 2.11. The number of carbonyl (C=O) groups excluding carboxylic acids is 1. The van der Waals surface area contributed by atoms with Crippen LogP contribution in [0, 0.1) is 0 Å². The molecule has 2 aromatic heterocycles. The number of amides is 1. The summed E-state index contributed by atoms with van der Waals surface area (Å²) in [5, 5.41) is 0. The highest BCUT2D eigenvalue weighted by molar-refractivity contribution is 5.80. The van der Waals surface area contributed by atoms with Crippen molar-refractivity contribution in [2.24, 2.45) is 0 Å². The molecule has 2 aliphatic rings. The summed E-state index contributed by atoms with van der Waals surface area (Å²) in [5.41, 5.74) is 2.15. The number of aromatic nitrogens is 2. The first kappa shape index (κ1) is 18.4. The number of likely N-dealkylation sites (tertiary alicyclic amines) is 1. The van der Waals surface area contributed by atoms with Gasteiger partial charge in [-0.25, -0.2) is 4.98 Å². The second-order valence-electron chi connectivity index (χ2n) is 7.82. The average molecular weight is 394 g/mol. The molecule has 0 aliphatic carbocycles. The second-order valence-corrected chi connectivity index (χ2v) is 7.82. The van der Waals surface area contributed by atoms with E-state index in [0.717, 1.165) is 62.0 Å². The number of benzene rings is 1. The van der Waals surface area contributed by atoms with Crippen LogP contribution in [0.15, 0.2) is 47.1 Å². The topological polar surface area (TPSA) is 63.7 Å². The molecular weight excluding hydrogens is 368 g/mol. The first-order valence-corrected chi connectivity index (χ1v) is 10.3. The van der Waals surface area contributed by atoms with Gasteiger partial charge in [0, 0.05) is 45.1 Å². The maximum Gasteiger partial charge on any atom is 0.223 e. The van der Waals surface area contributed by atoms with E-state index >= 15 is 0 Å². The molecule has 1 aromatic carbocycles. The second kappa shape index (κ2) is 8.00. The minimum absolute atomic E-state index is 0.106. The normalized spacial score (nSPS) is 20.8. The Morgan fingerprint density at radius 1 is 1.07 bits per heavy atom. The third-order valence-corrected chi connectivity index (χ3v) is 5.93. The van der Waals surface area contributed by atoms with Gasteiger partial charge in [0.25, 0.3) is 0 Å². The largest absolute Gasteiger partial charge is 0.467 e. The quantitative estimate of drug-likeness (QED) is 0.643. The average Bonchev–Trinajstić information content (AvgIpc) is 3.47. The number of ether oxygens (including phenoxy) is 1. The summed E-state index contributed by atoms with van der Waals surface area (Å²) in [6, 6.07) is 12.0. The monoisotopic (exact) mass is 394 g/mol. The Hall–Kier alpha value is -2.64. The van der Waals surface area contributed by atoms with Gasteiger partial charge < -0.3 is 18.6 Å². The van der Waals surface area contributed by atoms with Gasteiger partial charge in [0.2, 0.25) is 5.91 Å². The zero-order valence-corrected chi connectivity index (χ0v) is 16.5. The van der Waals surface area contributed by atoms with E-state index in [4.69, 9.17) is 14.1 Å². The fraction of sp³-hybridized carbons (Fsp3) is 0.455. The Bertz CT molecular complexity index is 975. The number of rotatable bonds is 6. The first-order valence-electron chi connectivity index (χ1n) is 10.3. The Morgan fingerprint density at radius 2 is 1.93 bits per heavy atom. The van der Waals surface area contributed by atoms with Crippen LogP contribution in [0.3, 0.4) is 0 Å². The molecule has 7 nitrogen and oxygen atoms in total. The van der Waals surface area contributed by atoms with Crippen LogP contribution in [0.25, 0.3) is 11.0 Å². The molecule has 2 fully saturated rings. The fourth-order valence-corrected chi connectivity index (χ4v) is 4.40. The summed E-state index contributed by atoms with van der Waals surface area (Å²) in [6.45, 7) is 6.59. The highest BCUT2D eigenvalue weighted by Crippen LogP contribution is 2.31. The van der Waals surface area contributed by atoms with Crippen molar-refractivity contribution in [2.45, 2.75) is 25.4 Å². The van der Waals surface area contributed by atoms with Crippen molar-refractivity contribution < 1.29 is 13.9 Å². The molecule has 5 rings (SSSR count). The lowest BCUT2D eigenvalue weighted by atomic mass is 10.1. The third kappa shape index (κ3) is 3.80. The van der Waals surface area contributed by atoms with E-state index in [0.29, 0.717) is 19.5 Å². The number of carbonyl (C=O) groups is 1. The predicted molar refractivity (Wildman–Crippen MR) is 108 cm³/mol. The molecule has 152 valence electrons. The molecule has 0 spiro atoms. The Morgan fingerprint density at radius 3 is 2.76 bits per heavy atom. The molecule has 1 atom stereocenters. The van der Waals surface area contributed by atoms with Crippen molar-refractivity contribution in [3.05, 3.63) is 54.2 Å². The maximum atomic E-state index is 12.6. The van der Waals surface area contributed by atoms with Crippen LogP contribution in [-0.4, -0.2) is 64.7 Å². The summed E-state index contributed by atoms with van der Waals surface area (Å²) in [7, 11) is 0. The van der Waals surface area contributed by atoms with Gasteiger partial charge in [-0.2, -0.15) is 0 Å². The zero-order chi connectivity index (χ0) is 19.6. The zero-order valence-electron chi connectivity index (χ0n) is 16.5. The fourth-order valence-electron chi connectivity index (χ4n) is 4.40. The molecule has 2 aliphatic heterocycles. The van der Waals surface area contributed by atoms with Gasteiger partial charge in [0.15, 0.2) is 0 Å². The molecule has 2 saturated heterocycles. The van der Waals surface area contributed by atoms with Gasteiger partial charge in [-0.1, -0.05) is 12.1 Å². The smallest absolute Gasteiger partial charge is 0.223 e. The lowest BCUT2D eigenvalue weighted by Gasteiger charge is -2.27. The molecule has 0 saturated carbocycles. The summed E-state index contributed by atoms with van der Waals surface area (Å²) in [6.07, 6.45) is 2.15. The molecule has 3 aromatic rings. The summed E-state index contributed by atoms with van der Waals surface area (Å²) >= 11 is 0. The molecule has 4 heterocycles. The summed E-state index contributed by atoms with van der Waals surface area (Å²) in [4.78, 5) is 21.9. The molecule has 0 unspecified atom stereocenters. The Labute approximate surface area is 169 Å². The Balaban J connectivity index is 1.38. The number of hydrogen-bond acceptors (Lipinski definition) is 5. The van der Waals surface area contributed by atoms with Crippen molar-refractivity contribution >= 4 is 16.9 Å². The van der Waals surface area contributed by atoms with Gasteiger partial charge >= 0.3 is 0 Å². The van der Waals surface area contributed by atoms with E-state index < -0.39 is 0 Å². The highest BCUT2D eigenvalue weighted by Gasteiger charge is 2.34. The number of imidazole rings is 1. The number of furan rings is 1. The van der Waals surface area contributed by atoms with Crippen LogP contribution in [0.4, 0.5) is 0 Å². The molecular formula is C22H26N4O3. The van der Waals surface area contributed by atoms with E-state index in [1.54, 1.807) is 6.26 Å².